The van der Waals surface area contributed by atoms with Gasteiger partial charge in [-0.2, -0.15) is 0 Å². The molecular weight excluding hydrogens is 354 g/mol. The summed E-state index contributed by atoms with van der Waals surface area (Å²) < 4.78 is 52.6. The summed E-state index contributed by atoms with van der Waals surface area (Å²) in [6.07, 6.45) is 4.96. The summed E-state index contributed by atoms with van der Waals surface area (Å²) >= 11 is 0. The Morgan fingerprint density at radius 2 is 1.75 bits per heavy atom. The van der Waals surface area contributed by atoms with Gasteiger partial charge in [0, 0.05) is 24.0 Å². The maximum absolute atomic E-state index is 12.8. The van der Waals surface area contributed by atoms with Crippen molar-refractivity contribution in [2.45, 2.75) is 28.6 Å². The minimum atomic E-state index is -3.81. The topological polar surface area (TPSA) is 111 Å². The molecule has 0 radical (unpaired) electrons. The van der Waals surface area contributed by atoms with Gasteiger partial charge in [0.05, 0.1) is 21.6 Å². The first-order chi connectivity index (χ1) is 11.1. The smallest absolute Gasteiger partial charge is 0.199 e. The second-order valence-corrected chi connectivity index (χ2v) is 9.91. The highest BCUT2D eigenvalue weighted by Crippen LogP contribution is 2.42. The van der Waals surface area contributed by atoms with Gasteiger partial charge in [0.1, 0.15) is 0 Å². The van der Waals surface area contributed by atoms with Crippen LogP contribution in [0.25, 0.3) is 0 Å². The highest BCUT2D eigenvalue weighted by Gasteiger charge is 2.34. The number of nitrogens with zero attached hydrogens (tertiary/aromatic N) is 1. The van der Waals surface area contributed by atoms with E-state index in [1.165, 1.54) is 18.3 Å². The maximum Gasteiger partial charge on any atom is 0.199 e. The van der Waals surface area contributed by atoms with E-state index >= 15 is 0 Å². The molecule has 1 aromatic heterocycles. The Bertz CT molecular complexity index is 1030. The fraction of sp³-hybridized carbons (Fsp3) is 0.333. The third-order valence-electron chi connectivity index (χ3n) is 3.82. The lowest BCUT2D eigenvalue weighted by Gasteiger charge is -2.09. The molecule has 0 aliphatic heterocycles. The van der Waals surface area contributed by atoms with Crippen LogP contribution in [0.1, 0.15) is 40.4 Å². The number of carbonyl (C=O) groups is 1. The first-order valence-electron chi connectivity index (χ1n) is 7.12. The first-order valence-corrected chi connectivity index (χ1v) is 10.9. The van der Waals surface area contributed by atoms with Crippen molar-refractivity contribution in [2.24, 2.45) is 0 Å². The number of benzene rings is 1. The SMILES string of the molecule is CS(=O)(=O)c1ccc(C(=O)c2cnoc2C2CC2)c(S(C)(=O)=O)c1. The average molecular weight is 369 g/mol. The zero-order valence-electron chi connectivity index (χ0n) is 13.0. The Morgan fingerprint density at radius 3 is 2.29 bits per heavy atom. The second kappa shape index (κ2) is 5.52. The molecule has 2 aromatic rings. The van der Waals surface area contributed by atoms with E-state index in [9.17, 15) is 21.6 Å². The highest BCUT2D eigenvalue weighted by atomic mass is 32.2. The van der Waals surface area contributed by atoms with E-state index in [1.807, 2.05) is 0 Å². The van der Waals surface area contributed by atoms with E-state index in [0.29, 0.717) is 5.76 Å². The van der Waals surface area contributed by atoms with Crippen molar-refractivity contribution >= 4 is 25.5 Å². The van der Waals surface area contributed by atoms with Gasteiger partial charge in [0.15, 0.2) is 31.2 Å². The zero-order chi connectivity index (χ0) is 17.7. The molecule has 0 N–H and O–H groups in total. The summed E-state index contributed by atoms with van der Waals surface area (Å²) in [5, 5.41) is 3.64. The molecule has 0 spiro atoms. The molecule has 0 saturated heterocycles. The predicted octanol–water partition coefficient (Wildman–Crippen LogP) is 1.59. The van der Waals surface area contributed by atoms with Crippen molar-refractivity contribution < 1.29 is 26.2 Å². The van der Waals surface area contributed by atoms with Crippen molar-refractivity contribution in [2.75, 3.05) is 12.5 Å². The van der Waals surface area contributed by atoms with E-state index in [1.54, 1.807) is 0 Å². The molecule has 3 rings (SSSR count). The monoisotopic (exact) mass is 369 g/mol. The quantitative estimate of drug-likeness (QED) is 0.736. The third-order valence-corrected chi connectivity index (χ3v) is 6.06. The van der Waals surface area contributed by atoms with Gasteiger partial charge in [-0.3, -0.25) is 4.79 Å². The standard InChI is InChI=1S/C15H15NO6S2/c1-23(18,19)10-5-6-11(13(7-10)24(2,20)21)14(17)12-8-16-22-15(12)9-3-4-9/h5-9H,3-4H2,1-2H3. The van der Waals surface area contributed by atoms with Crippen LogP contribution in [0, 0.1) is 0 Å². The molecule has 1 aromatic carbocycles. The largest absolute Gasteiger partial charge is 0.360 e. The Labute approximate surface area is 139 Å². The lowest BCUT2D eigenvalue weighted by atomic mass is 10.0. The summed E-state index contributed by atoms with van der Waals surface area (Å²) in [5.41, 5.74) is 0.129. The summed E-state index contributed by atoms with van der Waals surface area (Å²) in [6.45, 7) is 0. The molecule has 1 fully saturated rings. The summed E-state index contributed by atoms with van der Waals surface area (Å²) in [7, 11) is -7.41. The van der Waals surface area contributed by atoms with Crippen LogP contribution in [0.2, 0.25) is 0 Å². The third kappa shape index (κ3) is 3.13. The molecule has 0 amide bonds. The van der Waals surface area contributed by atoms with Gasteiger partial charge in [-0.05, 0) is 31.0 Å². The molecular formula is C15H15NO6S2. The Hall–Kier alpha value is -2.00. The summed E-state index contributed by atoms with van der Waals surface area (Å²) in [4.78, 5) is 12.3. The van der Waals surface area contributed by atoms with Gasteiger partial charge in [-0.1, -0.05) is 5.16 Å². The fourth-order valence-electron chi connectivity index (χ4n) is 2.43. The van der Waals surface area contributed by atoms with Crippen molar-refractivity contribution in [3.63, 3.8) is 0 Å². The molecule has 0 unspecified atom stereocenters. The lowest BCUT2D eigenvalue weighted by molar-refractivity contribution is 0.103. The number of sulfone groups is 2. The zero-order valence-corrected chi connectivity index (χ0v) is 14.6. The average Bonchev–Trinajstić information content (AvgIpc) is 3.21. The fourth-order valence-corrected chi connectivity index (χ4v) is 4.05. The van der Waals surface area contributed by atoms with Crippen LogP contribution in [-0.4, -0.2) is 40.3 Å². The molecule has 0 atom stereocenters. The van der Waals surface area contributed by atoms with E-state index in [0.717, 1.165) is 31.4 Å². The lowest BCUT2D eigenvalue weighted by Crippen LogP contribution is -2.12. The molecule has 9 heteroatoms. The molecule has 24 heavy (non-hydrogen) atoms. The minimum absolute atomic E-state index is 0.0880. The van der Waals surface area contributed by atoms with E-state index in [4.69, 9.17) is 4.52 Å². The van der Waals surface area contributed by atoms with Gasteiger partial charge in [-0.15, -0.1) is 0 Å². The number of carbonyl (C=O) groups excluding carboxylic acids is 1. The molecule has 1 heterocycles. The second-order valence-electron chi connectivity index (χ2n) is 5.91. The number of rotatable bonds is 5. The van der Waals surface area contributed by atoms with Crippen molar-refractivity contribution in [1.82, 2.24) is 5.16 Å². The van der Waals surface area contributed by atoms with E-state index in [-0.39, 0.29) is 26.8 Å². The Kier molecular flexibility index (Phi) is 3.88. The van der Waals surface area contributed by atoms with E-state index in [2.05, 4.69) is 5.16 Å². The van der Waals surface area contributed by atoms with E-state index < -0.39 is 25.5 Å². The first kappa shape index (κ1) is 16.8. The number of aromatic nitrogens is 1. The van der Waals surface area contributed by atoms with Crippen LogP contribution in [0.4, 0.5) is 0 Å². The molecule has 1 aliphatic carbocycles. The van der Waals surface area contributed by atoms with Crippen molar-refractivity contribution in [1.29, 1.82) is 0 Å². The van der Waals surface area contributed by atoms with Crippen molar-refractivity contribution in [3.05, 3.63) is 41.3 Å². The normalized spacial score (nSPS) is 15.4. The number of hydrogen-bond donors (Lipinski definition) is 0. The molecule has 7 nitrogen and oxygen atoms in total. The summed E-state index contributed by atoms with van der Waals surface area (Å²) in [5.74, 6) is 0.0358. The Morgan fingerprint density at radius 1 is 1.08 bits per heavy atom. The Balaban J connectivity index is 2.16. The minimum Gasteiger partial charge on any atom is -0.360 e. The molecule has 1 saturated carbocycles. The van der Waals surface area contributed by atoms with Crippen molar-refractivity contribution in [3.8, 4) is 0 Å². The molecule has 1 aliphatic rings. The van der Waals surface area contributed by atoms with Crippen LogP contribution in [0.5, 0.6) is 0 Å². The van der Waals surface area contributed by atoms with Gasteiger partial charge in [0.2, 0.25) is 0 Å². The predicted molar refractivity (Wildman–Crippen MR) is 84.6 cm³/mol. The van der Waals surface area contributed by atoms with Crippen LogP contribution in [0.3, 0.4) is 0 Å². The van der Waals surface area contributed by atoms with Gasteiger partial charge in [0.25, 0.3) is 0 Å². The van der Waals surface area contributed by atoms with Gasteiger partial charge >= 0.3 is 0 Å². The highest BCUT2D eigenvalue weighted by molar-refractivity contribution is 7.91. The van der Waals surface area contributed by atoms with Crippen LogP contribution < -0.4 is 0 Å². The van der Waals surface area contributed by atoms with Gasteiger partial charge in [-0.25, -0.2) is 16.8 Å². The van der Waals surface area contributed by atoms with Crippen LogP contribution in [-0.2, 0) is 19.7 Å². The van der Waals surface area contributed by atoms with Crippen LogP contribution in [0.15, 0.2) is 38.7 Å². The molecule has 128 valence electrons. The van der Waals surface area contributed by atoms with Gasteiger partial charge < -0.3 is 4.52 Å². The maximum atomic E-state index is 12.8. The molecule has 0 bridgehead atoms. The van der Waals surface area contributed by atoms with Crippen LogP contribution >= 0.6 is 0 Å². The number of ketones is 1. The summed E-state index contributed by atoms with van der Waals surface area (Å²) in [6, 6.07) is 3.46. The number of hydrogen-bond acceptors (Lipinski definition) is 7.